The number of halogens is 5. The number of alkyl halides is 2. The number of rotatable bonds is 2. The summed E-state index contributed by atoms with van der Waals surface area (Å²) in [4.78, 5) is 0. The fraction of sp³-hybridized carbons (Fsp3) is 0.133. The molecular formula is C15H13BrF4Mg. The van der Waals surface area contributed by atoms with Crippen molar-refractivity contribution in [2.24, 2.45) is 0 Å². The Labute approximate surface area is 148 Å². The van der Waals surface area contributed by atoms with Crippen LogP contribution in [0.5, 0.6) is 0 Å². The zero-order valence-electron chi connectivity index (χ0n) is 11.3. The Morgan fingerprint density at radius 2 is 1.43 bits per heavy atom. The van der Waals surface area contributed by atoms with Crippen LogP contribution in [-0.2, 0) is 5.92 Å². The van der Waals surface area contributed by atoms with E-state index in [1.165, 1.54) is 12.1 Å². The van der Waals surface area contributed by atoms with Crippen LogP contribution in [0.3, 0.4) is 0 Å². The van der Waals surface area contributed by atoms with E-state index in [4.69, 9.17) is 0 Å². The van der Waals surface area contributed by atoms with Crippen LogP contribution in [0.15, 0.2) is 54.6 Å². The maximum absolute atomic E-state index is 12.6. The summed E-state index contributed by atoms with van der Waals surface area (Å²) in [5.41, 5.74) is 0.0666. The van der Waals surface area contributed by atoms with Gasteiger partial charge >= 0.3 is 23.1 Å². The fourth-order valence-electron chi connectivity index (χ4n) is 1.21. The smallest absolute Gasteiger partial charge is 0.415 e. The van der Waals surface area contributed by atoms with Gasteiger partial charge in [0.25, 0.3) is 0 Å². The van der Waals surface area contributed by atoms with Crippen molar-refractivity contribution in [1.82, 2.24) is 0 Å². The van der Waals surface area contributed by atoms with Crippen LogP contribution in [0.25, 0.3) is 0 Å². The van der Waals surface area contributed by atoms with Crippen molar-refractivity contribution in [3.05, 3.63) is 78.2 Å². The second kappa shape index (κ2) is 11.0. The first-order valence-electron chi connectivity index (χ1n) is 5.49. The van der Waals surface area contributed by atoms with E-state index in [0.717, 1.165) is 17.7 Å². The van der Waals surface area contributed by atoms with Crippen molar-refractivity contribution in [1.29, 1.82) is 0 Å². The number of aryl methyl sites for hydroxylation is 1. The van der Waals surface area contributed by atoms with E-state index in [0.29, 0.717) is 0 Å². The SMILES string of the molecule is Br.Cc1ccc(C(F)(F)[C-](F)F)cc1.[Mg+2].[c-]1ccccc1. The van der Waals surface area contributed by atoms with E-state index in [1.807, 2.05) is 30.3 Å². The Bertz CT molecular complexity index is 448. The molecule has 0 spiro atoms. The quantitative estimate of drug-likeness (QED) is 0.386. The molecule has 2 aromatic carbocycles. The molecule has 21 heavy (non-hydrogen) atoms. The van der Waals surface area contributed by atoms with Gasteiger partial charge in [-0.05, 0) is 12.5 Å². The number of benzene rings is 2. The fourth-order valence-corrected chi connectivity index (χ4v) is 1.21. The van der Waals surface area contributed by atoms with Gasteiger partial charge < -0.3 is 8.78 Å². The van der Waals surface area contributed by atoms with Gasteiger partial charge in [0.2, 0.25) is 5.92 Å². The Balaban J connectivity index is 0. The molecule has 0 aliphatic carbocycles. The Hall–Kier alpha value is -0.594. The van der Waals surface area contributed by atoms with E-state index in [-0.39, 0.29) is 40.0 Å². The minimum atomic E-state index is -4.13. The maximum Gasteiger partial charge on any atom is 2.00 e. The molecule has 2 aromatic rings. The molecule has 0 atom stereocenters. The van der Waals surface area contributed by atoms with Crippen LogP contribution in [0.2, 0.25) is 0 Å². The summed E-state index contributed by atoms with van der Waals surface area (Å²) in [6, 6.07) is 17.2. The van der Waals surface area contributed by atoms with Gasteiger partial charge in [0.15, 0.2) is 0 Å². The summed E-state index contributed by atoms with van der Waals surface area (Å²) in [7, 11) is 0. The summed E-state index contributed by atoms with van der Waals surface area (Å²) in [5, 5.41) is 0. The largest absolute Gasteiger partial charge is 2.00 e. The summed E-state index contributed by atoms with van der Waals surface area (Å²) in [6.45, 7) is 1.69. The molecule has 0 unspecified atom stereocenters. The molecule has 0 radical (unpaired) electrons. The minimum absolute atomic E-state index is 0. The van der Waals surface area contributed by atoms with Gasteiger partial charge in [-0.2, -0.15) is 36.4 Å². The van der Waals surface area contributed by atoms with E-state index in [2.05, 4.69) is 6.07 Å². The molecule has 110 valence electrons. The van der Waals surface area contributed by atoms with Gasteiger partial charge in [0.1, 0.15) is 0 Å². The molecule has 0 aliphatic rings. The van der Waals surface area contributed by atoms with Gasteiger partial charge in [-0.15, -0.1) is 17.0 Å². The van der Waals surface area contributed by atoms with Gasteiger partial charge in [-0.3, -0.25) is 0 Å². The molecule has 0 bridgehead atoms. The molecule has 0 saturated heterocycles. The number of hydrogen-bond acceptors (Lipinski definition) is 0. The summed E-state index contributed by atoms with van der Waals surface area (Å²) < 4.78 is 48.8. The van der Waals surface area contributed by atoms with Crippen molar-refractivity contribution in [3.63, 3.8) is 0 Å². The van der Waals surface area contributed by atoms with E-state index in [1.54, 1.807) is 6.92 Å². The maximum atomic E-state index is 12.6. The molecule has 0 aromatic heterocycles. The van der Waals surface area contributed by atoms with E-state index >= 15 is 0 Å². The molecule has 6 heteroatoms. The first-order valence-corrected chi connectivity index (χ1v) is 5.49. The van der Waals surface area contributed by atoms with Crippen molar-refractivity contribution < 1.29 is 17.6 Å². The van der Waals surface area contributed by atoms with Crippen molar-refractivity contribution in [3.8, 4) is 0 Å². The zero-order valence-corrected chi connectivity index (χ0v) is 14.5. The molecule has 0 nitrogen and oxygen atoms in total. The van der Waals surface area contributed by atoms with Gasteiger partial charge in [-0.25, -0.2) is 8.78 Å². The first-order chi connectivity index (χ1) is 8.94. The topological polar surface area (TPSA) is 0 Å². The van der Waals surface area contributed by atoms with Crippen molar-refractivity contribution >= 4 is 40.0 Å². The average molecular weight is 373 g/mol. The molecule has 0 amide bonds. The second-order valence-electron chi connectivity index (χ2n) is 3.78. The predicted molar refractivity (Wildman–Crippen MR) is 81.9 cm³/mol. The van der Waals surface area contributed by atoms with Crippen LogP contribution in [-0.4, -0.2) is 23.1 Å². The van der Waals surface area contributed by atoms with Crippen LogP contribution in [0.4, 0.5) is 17.6 Å². The van der Waals surface area contributed by atoms with Crippen molar-refractivity contribution in [2.75, 3.05) is 0 Å². The van der Waals surface area contributed by atoms with Crippen LogP contribution in [0, 0.1) is 19.4 Å². The molecule has 0 saturated carbocycles. The Kier molecular flexibility index (Phi) is 11.9. The van der Waals surface area contributed by atoms with E-state index in [9.17, 15) is 17.6 Å². The number of hydrogen-bond donors (Lipinski definition) is 0. The predicted octanol–water partition coefficient (Wildman–Crippen LogP) is 5.20. The molecule has 2 rings (SSSR count). The van der Waals surface area contributed by atoms with Gasteiger partial charge in [0.05, 0.1) is 6.43 Å². The standard InChI is InChI=1S/C9H7F4.C6H5.BrH.Mg/c1-6-2-4-7(5-3-6)9(12,13)8(10)11;1-2-4-6-5-3-1;;/h2-5H,1H3;1-5H;1H;/q2*-1;;+2. The van der Waals surface area contributed by atoms with E-state index < -0.39 is 17.9 Å². The Morgan fingerprint density at radius 1 is 0.952 bits per heavy atom. The second-order valence-corrected chi connectivity index (χ2v) is 3.78. The van der Waals surface area contributed by atoms with Crippen molar-refractivity contribution in [2.45, 2.75) is 12.8 Å². The molecule has 0 fully saturated rings. The first kappa shape index (κ1) is 22.7. The monoisotopic (exact) mass is 372 g/mol. The summed E-state index contributed by atoms with van der Waals surface area (Å²) >= 11 is 0. The molecular weight excluding hydrogens is 360 g/mol. The van der Waals surface area contributed by atoms with Gasteiger partial charge in [0, 0.05) is 0 Å². The minimum Gasteiger partial charge on any atom is -0.415 e. The zero-order chi connectivity index (χ0) is 14.3. The third-order valence-corrected chi connectivity index (χ3v) is 2.26. The summed E-state index contributed by atoms with van der Waals surface area (Å²) in [6.07, 6.45) is -2.88. The Morgan fingerprint density at radius 3 is 1.71 bits per heavy atom. The third-order valence-electron chi connectivity index (χ3n) is 2.26. The molecule has 0 aliphatic heterocycles. The van der Waals surface area contributed by atoms with Crippen LogP contribution < -0.4 is 0 Å². The van der Waals surface area contributed by atoms with Crippen LogP contribution >= 0.6 is 17.0 Å². The molecule has 0 heterocycles. The normalized spacial score (nSPS) is 9.81. The van der Waals surface area contributed by atoms with Crippen LogP contribution in [0.1, 0.15) is 11.1 Å². The third kappa shape index (κ3) is 7.83. The molecule has 0 N–H and O–H groups in total. The van der Waals surface area contributed by atoms with Gasteiger partial charge in [-0.1, -0.05) is 29.8 Å². The average Bonchev–Trinajstić information content (AvgIpc) is 2.42. The summed E-state index contributed by atoms with van der Waals surface area (Å²) in [5.74, 6) is -4.13.